The Morgan fingerprint density at radius 3 is 2.33 bits per heavy atom. The maximum absolute atomic E-state index is 2.48. The van der Waals surface area contributed by atoms with Gasteiger partial charge in [-0.3, -0.25) is 0 Å². The summed E-state index contributed by atoms with van der Waals surface area (Å²) < 4.78 is 0. The molecule has 18 heavy (non-hydrogen) atoms. The molecule has 1 unspecified atom stereocenters. The van der Waals surface area contributed by atoms with Crippen molar-refractivity contribution in [3.8, 4) is 0 Å². The molecule has 1 aromatic carbocycles. The van der Waals surface area contributed by atoms with Gasteiger partial charge in [0.05, 0.1) is 19.1 Å². The number of benzene rings is 1. The van der Waals surface area contributed by atoms with Crippen LogP contribution < -0.4 is 17.3 Å². The predicted octanol–water partition coefficient (Wildman–Crippen LogP) is -0.695. The molecule has 1 nitrogen and oxygen atoms in total. The summed E-state index contributed by atoms with van der Waals surface area (Å²) in [5.41, 5.74) is 2.99. The molecule has 1 atom stereocenters. The number of nitrogens with one attached hydrogen (secondary N) is 1. The second-order valence-electron chi connectivity index (χ2n) is 5.44. The molecular formula is C16H22ClN. The predicted molar refractivity (Wildman–Crippen MR) is 72.0 cm³/mol. The standard InChI is InChI=1S/C16H21N.ClH/c1-2-6-14(7-3-1)15-10-12-17(13-11-15)16-8-4-5-9-16;/h1-3,6-7,10,16H,4-5,8-9,11-13H2;1H. The van der Waals surface area contributed by atoms with Gasteiger partial charge >= 0.3 is 0 Å². The summed E-state index contributed by atoms with van der Waals surface area (Å²) in [6.07, 6.45) is 9.59. The molecule has 2 aliphatic rings. The smallest absolute Gasteiger partial charge is 0.0966 e. The average molecular weight is 264 g/mol. The highest BCUT2D eigenvalue weighted by atomic mass is 35.5. The second-order valence-corrected chi connectivity index (χ2v) is 5.44. The topological polar surface area (TPSA) is 4.44 Å². The van der Waals surface area contributed by atoms with Crippen LogP contribution in [0.25, 0.3) is 5.57 Å². The molecule has 1 aliphatic carbocycles. The molecule has 98 valence electrons. The van der Waals surface area contributed by atoms with Gasteiger partial charge in [0.2, 0.25) is 0 Å². The van der Waals surface area contributed by atoms with Gasteiger partial charge in [0, 0.05) is 6.42 Å². The molecule has 0 bridgehead atoms. The van der Waals surface area contributed by atoms with Gasteiger partial charge in [-0.15, -0.1) is 0 Å². The highest BCUT2D eigenvalue weighted by Crippen LogP contribution is 2.20. The molecule has 1 heterocycles. The molecule has 0 radical (unpaired) electrons. The first-order chi connectivity index (χ1) is 8.43. The Morgan fingerprint density at radius 1 is 1.00 bits per heavy atom. The molecule has 2 heteroatoms. The van der Waals surface area contributed by atoms with E-state index in [0.29, 0.717) is 0 Å². The van der Waals surface area contributed by atoms with Crippen LogP contribution in [0.1, 0.15) is 37.7 Å². The Kier molecular flexibility index (Phi) is 4.85. The molecule has 1 fully saturated rings. The average Bonchev–Trinajstić information content (AvgIpc) is 2.94. The fourth-order valence-corrected chi connectivity index (χ4v) is 3.37. The third-order valence-corrected chi connectivity index (χ3v) is 4.40. The van der Waals surface area contributed by atoms with E-state index in [9.17, 15) is 0 Å². The number of rotatable bonds is 2. The maximum atomic E-state index is 2.48. The van der Waals surface area contributed by atoms with Crippen molar-refractivity contribution < 1.29 is 17.3 Å². The molecule has 1 aliphatic heterocycles. The number of hydrogen-bond donors (Lipinski definition) is 1. The lowest BCUT2D eigenvalue weighted by Gasteiger charge is -2.28. The van der Waals surface area contributed by atoms with Crippen molar-refractivity contribution in [1.29, 1.82) is 0 Å². The van der Waals surface area contributed by atoms with E-state index < -0.39 is 0 Å². The quantitative estimate of drug-likeness (QED) is 0.720. The lowest BCUT2D eigenvalue weighted by Crippen LogP contribution is -3.15. The van der Waals surface area contributed by atoms with E-state index in [-0.39, 0.29) is 12.4 Å². The lowest BCUT2D eigenvalue weighted by molar-refractivity contribution is -0.920. The summed E-state index contributed by atoms with van der Waals surface area (Å²) in [5.74, 6) is 0. The zero-order valence-corrected chi connectivity index (χ0v) is 11.6. The van der Waals surface area contributed by atoms with Crippen molar-refractivity contribution in [2.45, 2.75) is 38.1 Å². The minimum Gasteiger partial charge on any atom is -1.00 e. The Bertz CT molecular complexity index is 393. The number of hydrogen-bond acceptors (Lipinski definition) is 0. The van der Waals surface area contributed by atoms with Gasteiger partial charge in [-0.1, -0.05) is 30.3 Å². The summed E-state index contributed by atoms with van der Waals surface area (Å²) in [4.78, 5) is 1.84. The zero-order valence-electron chi connectivity index (χ0n) is 10.9. The van der Waals surface area contributed by atoms with Crippen molar-refractivity contribution >= 4 is 5.57 Å². The van der Waals surface area contributed by atoms with Crippen LogP contribution in [0.5, 0.6) is 0 Å². The normalized spacial score (nSPS) is 24.4. The van der Waals surface area contributed by atoms with Crippen molar-refractivity contribution in [1.82, 2.24) is 0 Å². The van der Waals surface area contributed by atoms with Crippen molar-refractivity contribution in [2.24, 2.45) is 0 Å². The molecule has 0 amide bonds. The van der Waals surface area contributed by atoms with Gasteiger partial charge in [0.1, 0.15) is 0 Å². The van der Waals surface area contributed by atoms with Crippen LogP contribution in [-0.4, -0.2) is 19.1 Å². The summed E-state index contributed by atoms with van der Waals surface area (Å²) >= 11 is 0. The van der Waals surface area contributed by atoms with E-state index in [1.807, 2.05) is 4.90 Å². The van der Waals surface area contributed by atoms with E-state index in [0.717, 1.165) is 6.04 Å². The van der Waals surface area contributed by atoms with Gasteiger partial charge < -0.3 is 17.3 Å². The van der Waals surface area contributed by atoms with E-state index in [1.165, 1.54) is 50.8 Å². The fourth-order valence-electron chi connectivity index (χ4n) is 3.37. The highest BCUT2D eigenvalue weighted by Gasteiger charge is 2.27. The molecule has 0 aromatic heterocycles. The molecule has 3 rings (SSSR count). The van der Waals surface area contributed by atoms with Crippen LogP contribution in [0, 0.1) is 0 Å². The van der Waals surface area contributed by atoms with Crippen LogP contribution in [0.4, 0.5) is 0 Å². The van der Waals surface area contributed by atoms with Gasteiger partial charge in [-0.2, -0.15) is 0 Å². The highest BCUT2D eigenvalue weighted by molar-refractivity contribution is 5.65. The summed E-state index contributed by atoms with van der Waals surface area (Å²) in [7, 11) is 0. The Hall–Kier alpha value is -0.790. The SMILES string of the molecule is C1=C(c2ccccc2)CC[NH+](C2CCCC2)C1.[Cl-]. The van der Waals surface area contributed by atoms with Gasteiger partial charge in [-0.25, -0.2) is 0 Å². The number of quaternary nitrogens is 1. The Morgan fingerprint density at radius 2 is 1.72 bits per heavy atom. The first-order valence-corrected chi connectivity index (χ1v) is 7.02. The first kappa shape index (κ1) is 13.6. The monoisotopic (exact) mass is 263 g/mol. The van der Waals surface area contributed by atoms with E-state index >= 15 is 0 Å². The number of halogens is 1. The van der Waals surface area contributed by atoms with Gasteiger partial charge in [0.15, 0.2) is 0 Å². The molecular weight excluding hydrogens is 242 g/mol. The van der Waals surface area contributed by atoms with Crippen molar-refractivity contribution in [3.05, 3.63) is 42.0 Å². The molecule has 1 N–H and O–H groups in total. The molecule has 0 spiro atoms. The summed E-state index contributed by atoms with van der Waals surface area (Å²) in [5, 5.41) is 0. The third-order valence-electron chi connectivity index (χ3n) is 4.40. The summed E-state index contributed by atoms with van der Waals surface area (Å²) in [6, 6.07) is 11.8. The Balaban J connectivity index is 0.00000120. The Labute approximate surface area is 116 Å². The first-order valence-electron chi connectivity index (χ1n) is 7.02. The second kappa shape index (κ2) is 6.40. The van der Waals surface area contributed by atoms with Crippen LogP contribution in [0.15, 0.2) is 36.4 Å². The fraction of sp³-hybridized carbons (Fsp3) is 0.500. The molecule has 0 saturated heterocycles. The van der Waals surface area contributed by atoms with E-state index in [1.54, 1.807) is 5.57 Å². The van der Waals surface area contributed by atoms with E-state index in [2.05, 4.69) is 36.4 Å². The minimum absolute atomic E-state index is 0. The molecule has 1 saturated carbocycles. The van der Waals surface area contributed by atoms with Crippen LogP contribution >= 0.6 is 0 Å². The summed E-state index contributed by atoms with van der Waals surface area (Å²) in [6.45, 7) is 2.58. The molecule has 1 aromatic rings. The van der Waals surface area contributed by atoms with Gasteiger partial charge in [0.25, 0.3) is 0 Å². The minimum atomic E-state index is 0. The van der Waals surface area contributed by atoms with Crippen molar-refractivity contribution in [3.63, 3.8) is 0 Å². The largest absolute Gasteiger partial charge is 1.00 e. The van der Waals surface area contributed by atoms with Crippen LogP contribution in [0.3, 0.4) is 0 Å². The maximum Gasteiger partial charge on any atom is 0.0966 e. The van der Waals surface area contributed by atoms with Gasteiger partial charge in [-0.05, 0) is 42.9 Å². The van der Waals surface area contributed by atoms with Crippen LogP contribution in [-0.2, 0) is 0 Å². The van der Waals surface area contributed by atoms with Crippen molar-refractivity contribution in [2.75, 3.05) is 13.1 Å². The third kappa shape index (κ3) is 2.96. The zero-order chi connectivity index (χ0) is 11.5. The lowest BCUT2D eigenvalue weighted by atomic mass is 9.98. The van der Waals surface area contributed by atoms with E-state index in [4.69, 9.17) is 0 Å². The van der Waals surface area contributed by atoms with Crippen LogP contribution in [0.2, 0.25) is 0 Å².